The summed E-state index contributed by atoms with van der Waals surface area (Å²) >= 11 is 0. The lowest BCUT2D eigenvalue weighted by Crippen LogP contribution is -2.45. The molecule has 0 radical (unpaired) electrons. The molecule has 0 N–H and O–H groups in total. The van der Waals surface area contributed by atoms with Crippen molar-refractivity contribution in [3.8, 4) is 0 Å². The van der Waals surface area contributed by atoms with E-state index < -0.39 is 17.7 Å². The number of nitrogens with zero attached hydrogens (tertiary/aromatic N) is 1. The predicted octanol–water partition coefficient (Wildman–Crippen LogP) is 6.63. The third-order valence-electron chi connectivity index (χ3n) is 7.65. The molecule has 194 valence electrons. The first kappa shape index (κ1) is 24.7. The predicted molar refractivity (Wildman–Crippen MR) is 150 cm³/mol. The number of fused-ring (bicyclic) bond motifs is 1. The molecular weight excluding hydrogens is 486 g/mol. The van der Waals surface area contributed by atoms with Crippen LogP contribution in [0.5, 0.6) is 0 Å². The summed E-state index contributed by atoms with van der Waals surface area (Å²) in [6, 6.07) is 27.7. The van der Waals surface area contributed by atoms with E-state index in [1.807, 2.05) is 72.8 Å². The molecule has 39 heavy (non-hydrogen) atoms. The van der Waals surface area contributed by atoms with Crippen molar-refractivity contribution in [2.24, 2.45) is 0 Å². The van der Waals surface area contributed by atoms with Gasteiger partial charge in [0.15, 0.2) is 0 Å². The first-order valence-electron chi connectivity index (χ1n) is 13.1. The van der Waals surface area contributed by atoms with Gasteiger partial charge < -0.3 is 14.4 Å². The van der Waals surface area contributed by atoms with Gasteiger partial charge in [0.2, 0.25) is 0 Å². The Balaban J connectivity index is 1.38. The number of allylic oxidation sites excluding steroid dienone is 6. The van der Waals surface area contributed by atoms with E-state index in [0.717, 1.165) is 16.9 Å². The van der Waals surface area contributed by atoms with Gasteiger partial charge in [-0.3, -0.25) is 0 Å². The average molecular weight is 516 g/mol. The molecule has 0 atom stereocenters. The molecule has 0 bridgehead atoms. The summed E-state index contributed by atoms with van der Waals surface area (Å²) in [5.41, 5.74) is 5.24. The minimum absolute atomic E-state index is 0.132. The molecule has 1 saturated heterocycles. The number of hydrogen-bond acceptors (Lipinski definition) is 5. The lowest BCUT2D eigenvalue weighted by atomic mass is 9.83. The highest BCUT2D eigenvalue weighted by Crippen LogP contribution is 2.48. The highest BCUT2D eigenvalue weighted by molar-refractivity contribution is 6.15. The number of hydrogen-bond donors (Lipinski definition) is 0. The summed E-state index contributed by atoms with van der Waals surface area (Å²) in [5.74, 6) is -2.99. The number of carbonyl (C=O) groups is 2. The number of para-hydroxylation sites is 1. The molecule has 2 heterocycles. The molecule has 0 saturated carbocycles. The van der Waals surface area contributed by atoms with Crippen LogP contribution in [0.4, 0.5) is 5.69 Å². The molecule has 3 aliphatic rings. The Hall–Kier alpha value is -4.64. The first-order chi connectivity index (χ1) is 18.9. The van der Waals surface area contributed by atoms with Crippen LogP contribution >= 0.6 is 0 Å². The van der Waals surface area contributed by atoms with Crippen LogP contribution in [-0.4, -0.2) is 11.9 Å². The molecule has 1 fully saturated rings. The third-order valence-corrected chi connectivity index (χ3v) is 7.65. The molecule has 6 rings (SSSR count). The zero-order valence-electron chi connectivity index (χ0n) is 22.0. The maximum atomic E-state index is 13.4. The summed E-state index contributed by atoms with van der Waals surface area (Å²) in [5, 5.41) is 0. The van der Waals surface area contributed by atoms with E-state index >= 15 is 0 Å². The van der Waals surface area contributed by atoms with Gasteiger partial charge in [-0.2, -0.15) is 0 Å². The first-order valence-corrected chi connectivity index (χ1v) is 13.1. The number of carbonyl (C=O) groups excluding carboxylic acids is 2. The van der Waals surface area contributed by atoms with Crippen molar-refractivity contribution in [1.29, 1.82) is 0 Å². The van der Waals surface area contributed by atoms with Crippen LogP contribution in [0.25, 0.3) is 0 Å². The Morgan fingerprint density at radius 2 is 1.46 bits per heavy atom. The fourth-order valence-electron chi connectivity index (χ4n) is 5.63. The molecule has 1 aliphatic carbocycles. The van der Waals surface area contributed by atoms with Gasteiger partial charge in [-0.05, 0) is 35.8 Å². The summed E-state index contributed by atoms with van der Waals surface area (Å²) in [6.07, 6.45) is 9.58. The van der Waals surface area contributed by atoms with Gasteiger partial charge in [-0.1, -0.05) is 111 Å². The molecule has 0 aromatic heterocycles. The highest BCUT2D eigenvalue weighted by Gasteiger charge is 2.50. The monoisotopic (exact) mass is 515 g/mol. The van der Waals surface area contributed by atoms with Crippen LogP contribution in [0, 0.1) is 0 Å². The van der Waals surface area contributed by atoms with Crippen LogP contribution in [0.3, 0.4) is 0 Å². The van der Waals surface area contributed by atoms with Crippen molar-refractivity contribution < 1.29 is 19.1 Å². The van der Waals surface area contributed by atoms with Crippen LogP contribution in [0.15, 0.2) is 132 Å². The summed E-state index contributed by atoms with van der Waals surface area (Å²) in [4.78, 5) is 29.1. The van der Waals surface area contributed by atoms with Gasteiger partial charge in [0.1, 0.15) is 5.57 Å². The molecule has 0 amide bonds. The van der Waals surface area contributed by atoms with Gasteiger partial charge in [0.25, 0.3) is 0 Å². The largest absolute Gasteiger partial charge is 0.410 e. The van der Waals surface area contributed by atoms with Gasteiger partial charge in [-0.15, -0.1) is 0 Å². The van der Waals surface area contributed by atoms with E-state index in [0.29, 0.717) is 24.1 Å². The number of cyclic esters (lactones) is 2. The zero-order valence-corrected chi connectivity index (χ0v) is 22.0. The van der Waals surface area contributed by atoms with Crippen molar-refractivity contribution in [2.45, 2.75) is 38.0 Å². The Morgan fingerprint density at radius 3 is 2.13 bits per heavy atom. The van der Waals surface area contributed by atoms with Crippen molar-refractivity contribution in [3.05, 3.63) is 149 Å². The lowest BCUT2D eigenvalue weighted by Gasteiger charge is -2.37. The molecule has 5 nitrogen and oxygen atoms in total. The quantitative estimate of drug-likeness (QED) is 0.217. The molecule has 5 heteroatoms. The molecule has 3 aromatic rings. The Kier molecular flexibility index (Phi) is 6.07. The summed E-state index contributed by atoms with van der Waals surface area (Å²) in [6.45, 7) is 4.96. The molecule has 2 aliphatic heterocycles. The molecular formula is C34H29NO4. The number of rotatable bonds is 5. The Morgan fingerprint density at radius 1 is 0.821 bits per heavy atom. The van der Waals surface area contributed by atoms with E-state index in [4.69, 9.17) is 9.47 Å². The second kappa shape index (κ2) is 9.59. The highest BCUT2D eigenvalue weighted by atomic mass is 16.7. The smallest absolute Gasteiger partial charge is 0.349 e. The van der Waals surface area contributed by atoms with Crippen molar-refractivity contribution in [3.63, 3.8) is 0 Å². The van der Waals surface area contributed by atoms with E-state index in [1.165, 1.54) is 5.56 Å². The second-order valence-corrected chi connectivity index (χ2v) is 10.4. The summed E-state index contributed by atoms with van der Waals surface area (Å²) < 4.78 is 12.0. The van der Waals surface area contributed by atoms with Crippen LogP contribution in [0.1, 0.15) is 37.0 Å². The third kappa shape index (κ3) is 4.20. The Bertz CT molecular complexity index is 1540. The van der Waals surface area contributed by atoms with Gasteiger partial charge in [0.05, 0.1) is 0 Å². The zero-order chi connectivity index (χ0) is 27.0. The molecule has 0 spiro atoms. The van der Waals surface area contributed by atoms with Crippen LogP contribution in [-0.2, 0) is 36.8 Å². The van der Waals surface area contributed by atoms with E-state index in [9.17, 15) is 9.59 Å². The summed E-state index contributed by atoms with van der Waals surface area (Å²) in [7, 11) is 0. The lowest BCUT2D eigenvalue weighted by molar-refractivity contribution is -0.227. The standard InChI is InChI=1S/C34H29NO4/c1-33(2)28-19-11-12-20-29(28)35(23-24-13-5-3-6-14-24)30(33)22-21-27-31(36)38-34(39-32(27)37,26-17-9-10-18-26)25-15-7-4-8-16-25/h3-17,19-22H,18,23H2,1-2H3/b27-21?,30-22+. The fourth-order valence-corrected chi connectivity index (χ4v) is 5.63. The van der Waals surface area contributed by atoms with E-state index in [-0.39, 0.29) is 11.0 Å². The molecule has 0 unspecified atom stereocenters. The van der Waals surface area contributed by atoms with Crippen molar-refractivity contribution in [2.75, 3.05) is 4.90 Å². The minimum atomic E-state index is -1.58. The number of anilines is 1. The fraction of sp³-hybridized carbons (Fsp3) is 0.176. The van der Waals surface area contributed by atoms with Gasteiger partial charge in [-0.25, -0.2) is 9.59 Å². The minimum Gasteiger partial charge on any atom is -0.410 e. The maximum absolute atomic E-state index is 13.4. The van der Waals surface area contributed by atoms with Crippen LogP contribution in [0.2, 0.25) is 0 Å². The normalized spacial score (nSPS) is 22.4. The second-order valence-electron chi connectivity index (χ2n) is 10.4. The van der Waals surface area contributed by atoms with E-state index in [2.05, 4.69) is 43.0 Å². The van der Waals surface area contributed by atoms with Crippen LogP contribution < -0.4 is 4.90 Å². The average Bonchev–Trinajstić information content (AvgIpc) is 3.56. The Labute approximate surface area is 228 Å². The maximum Gasteiger partial charge on any atom is 0.349 e. The number of ether oxygens (including phenoxy) is 2. The number of esters is 2. The number of benzene rings is 3. The van der Waals surface area contributed by atoms with Gasteiger partial charge >= 0.3 is 17.7 Å². The van der Waals surface area contributed by atoms with Crippen molar-refractivity contribution in [1.82, 2.24) is 0 Å². The van der Waals surface area contributed by atoms with Gasteiger partial charge in [0, 0.05) is 34.5 Å². The van der Waals surface area contributed by atoms with Crippen molar-refractivity contribution >= 4 is 17.6 Å². The topological polar surface area (TPSA) is 55.8 Å². The molecule has 3 aromatic carbocycles. The SMILES string of the molecule is CC1(C)/C(=C\C=C2C(=O)OC(C3=CC=CC3)(c3ccccc3)OC2=O)N(Cc2ccccc2)c2ccccc21. The van der Waals surface area contributed by atoms with E-state index in [1.54, 1.807) is 18.2 Å².